The zero-order chi connectivity index (χ0) is 18.7. The molecule has 1 fully saturated rings. The number of hydrogen-bond donors (Lipinski definition) is 0. The number of halogens is 2. The fourth-order valence-corrected chi connectivity index (χ4v) is 3.36. The molecule has 0 radical (unpaired) electrons. The lowest BCUT2D eigenvalue weighted by atomic mass is 10.0. The lowest BCUT2D eigenvalue weighted by molar-refractivity contribution is -0.134. The van der Waals surface area contributed by atoms with Crippen molar-refractivity contribution in [3.8, 4) is 5.75 Å². The SMILES string of the molecule is COc1ccc(CCC(=O)N(C2CC2)C(C)c2ccc(Cl)cc2)cc1F. The molecule has 3 nitrogen and oxygen atoms in total. The van der Waals surface area contributed by atoms with Gasteiger partial charge in [-0.15, -0.1) is 0 Å². The minimum Gasteiger partial charge on any atom is -0.494 e. The lowest BCUT2D eigenvalue weighted by Crippen LogP contribution is -2.35. The minimum atomic E-state index is -0.397. The van der Waals surface area contributed by atoms with Gasteiger partial charge in [0.15, 0.2) is 11.6 Å². The molecule has 2 aromatic carbocycles. The van der Waals surface area contributed by atoms with Crippen LogP contribution in [-0.4, -0.2) is 24.0 Å². The number of carbonyl (C=O) groups excluding carboxylic acids is 1. The molecule has 3 rings (SSSR count). The average Bonchev–Trinajstić information content (AvgIpc) is 3.45. The molecule has 1 saturated carbocycles. The second-order valence-corrected chi connectivity index (χ2v) is 7.17. The van der Waals surface area contributed by atoms with Crippen LogP contribution in [0.3, 0.4) is 0 Å². The quantitative estimate of drug-likeness (QED) is 0.667. The van der Waals surface area contributed by atoms with E-state index in [-0.39, 0.29) is 17.7 Å². The molecule has 1 aliphatic rings. The van der Waals surface area contributed by atoms with Crippen molar-refractivity contribution in [2.45, 2.75) is 44.7 Å². The number of methoxy groups -OCH3 is 1. The molecule has 26 heavy (non-hydrogen) atoms. The van der Waals surface area contributed by atoms with E-state index in [4.69, 9.17) is 16.3 Å². The van der Waals surface area contributed by atoms with E-state index >= 15 is 0 Å². The number of amides is 1. The molecule has 0 spiro atoms. The highest BCUT2D eigenvalue weighted by Crippen LogP contribution is 2.35. The first-order valence-electron chi connectivity index (χ1n) is 8.88. The summed E-state index contributed by atoms with van der Waals surface area (Å²) >= 11 is 5.97. The second kappa shape index (κ2) is 8.09. The standard InChI is InChI=1S/C21H23ClFNO2/c1-14(16-5-7-17(22)8-6-16)24(18-9-10-18)21(25)12-4-15-3-11-20(26-2)19(23)13-15/h3,5-8,11,13-14,18H,4,9-10,12H2,1-2H3. The van der Waals surface area contributed by atoms with E-state index in [1.165, 1.54) is 13.2 Å². The normalized spacial score (nSPS) is 14.8. The molecule has 1 aliphatic carbocycles. The Morgan fingerprint density at radius 1 is 1.27 bits per heavy atom. The molecule has 5 heteroatoms. The highest BCUT2D eigenvalue weighted by atomic mass is 35.5. The third-order valence-electron chi connectivity index (χ3n) is 4.84. The molecule has 0 saturated heterocycles. The predicted octanol–water partition coefficient (Wildman–Crippen LogP) is 5.17. The van der Waals surface area contributed by atoms with Crippen LogP contribution < -0.4 is 4.74 Å². The van der Waals surface area contributed by atoms with Crippen LogP contribution in [0.5, 0.6) is 5.75 Å². The Kier molecular flexibility index (Phi) is 5.82. The summed E-state index contributed by atoms with van der Waals surface area (Å²) in [4.78, 5) is 14.8. The van der Waals surface area contributed by atoms with Gasteiger partial charge in [-0.05, 0) is 61.6 Å². The average molecular weight is 376 g/mol. The summed E-state index contributed by atoms with van der Waals surface area (Å²) in [6.07, 6.45) is 2.96. The van der Waals surface area contributed by atoms with Gasteiger partial charge in [0.05, 0.1) is 13.2 Å². The Hall–Kier alpha value is -2.07. The number of hydrogen-bond acceptors (Lipinski definition) is 2. The van der Waals surface area contributed by atoms with Crippen LogP contribution in [0.2, 0.25) is 5.02 Å². The van der Waals surface area contributed by atoms with E-state index in [0.29, 0.717) is 23.9 Å². The first-order chi connectivity index (χ1) is 12.5. The first-order valence-corrected chi connectivity index (χ1v) is 9.26. The topological polar surface area (TPSA) is 29.5 Å². The van der Waals surface area contributed by atoms with Crippen molar-refractivity contribution in [3.63, 3.8) is 0 Å². The fraction of sp³-hybridized carbons (Fsp3) is 0.381. The maximum absolute atomic E-state index is 13.8. The van der Waals surface area contributed by atoms with Crippen molar-refractivity contribution < 1.29 is 13.9 Å². The molecule has 1 unspecified atom stereocenters. The number of ether oxygens (including phenoxy) is 1. The number of rotatable bonds is 7. The van der Waals surface area contributed by atoms with Crippen LogP contribution >= 0.6 is 11.6 Å². The molecule has 1 atom stereocenters. The van der Waals surface area contributed by atoms with Gasteiger partial charge in [0.25, 0.3) is 0 Å². The van der Waals surface area contributed by atoms with Gasteiger partial charge in [0.1, 0.15) is 0 Å². The number of benzene rings is 2. The van der Waals surface area contributed by atoms with Gasteiger partial charge in [0, 0.05) is 17.5 Å². The molecule has 0 bridgehead atoms. The number of nitrogens with zero attached hydrogens (tertiary/aromatic N) is 1. The third-order valence-corrected chi connectivity index (χ3v) is 5.09. The molecular formula is C21H23ClFNO2. The highest BCUT2D eigenvalue weighted by molar-refractivity contribution is 6.30. The van der Waals surface area contributed by atoms with E-state index < -0.39 is 5.82 Å². The van der Waals surface area contributed by atoms with E-state index in [0.717, 1.165) is 24.0 Å². The number of aryl methyl sites for hydroxylation is 1. The van der Waals surface area contributed by atoms with Gasteiger partial charge in [-0.3, -0.25) is 4.79 Å². The summed E-state index contributed by atoms with van der Waals surface area (Å²) in [5.41, 5.74) is 1.87. The van der Waals surface area contributed by atoms with Crippen molar-refractivity contribution in [1.29, 1.82) is 0 Å². The maximum Gasteiger partial charge on any atom is 0.223 e. The van der Waals surface area contributed by atoms with Crippen molar-refractivity contribution in [2.24, 2.45) is 0 Å². The van der Waals surface area contributed by atoms with Gasteiger partial charge in [-0.25, -0.2) is 4.39 Å². The van der Waals surface area contributed by atoms with Crippen LogP contribution in [0.15, 0.2) is 42.5 Å². The van der Waals surface area contributed by atoms with Crippen molar-refractivity contribution in [3.05, 3.63) is 64.4 Å². The van der Waals surface area contributed by atoms with E-state index in [2.05, 4.69) is 0 Å². The maximum atomic E-state index is 13.8. The molecule has 0 aromatic heterocycles. The second-order valence-electron chi connectivity index (χ2n) is 6.73. The zero-order valence-electron chi connectivity index (χ0n) is 15.0. The highest BCUT2D eigenvalue weighted by Gasteiger charge is 2.35. The van der Waals surface area contributed by atoms with Gasteiger partial charge >= 0.3 is 0 Å². The van der Waals surface area contributed by atoms with Gasteiger partial charge in [-0.1, -0.05) is 29.8 Å². The lowest BCUT2D eigenvalue weighted by Gasteiger charge is -2.30. The van der Waals surface area contributed by atoms with Crippen LogP contribution in [-0.2, 0) is 11.2 Å². The zero-order valence-corrected chi connectivity index (χ0v) is 15.8. The summed E-state index contributed by atoms with van der Waals surface area (Å²) in [6, 6.07) is 12.8. The summed E-state index contributed by atoms with van der Waals surface area (Å²) in [5.74, 6) is -0.0757. The van der Waals surface area contributed by atoms with Gasteiger partial charge < -0.3 is 9.64 Å². The Labute approximate surface area is 158 Å². The molecule has 2 aromatic rings. The van der Waals surface area contributed by atoms with Gasteiger partial charge in [0.2, 0.25) is 5.91 Å². The molecule has 0 heterocycles. The van der Waals surface area contributed by atoms with Crippen LogP contribution in [0.4, 0.5) is 4.39 Å². The summed E-state index contributed by atoms with van der Waals surface area (Å²) in [5, 5.41) is 0.687. The molecule has 0 aliphatic heterocycles. The smallest absolute Gasteiger partial charge is 0.223 e. The Morgan fingerprint density at radius 2 is 1.96 bits per heavy atom. The van der Waals surface area contributed by atoms with Gasteiger partial charge in [-0.2, -0.15) is 0 Å². The van der Waals surface area contributed by atoms with Crippen LogP contribution in [0, 0.1) is 5.82 Å². The van der Waals surface area contributed by atoms with Crippen molar-refractivity contribution in [2.75, 3.05) is 7.11 Å². The summed E-state index contributed by atoms with van der Waals surface area (Å²) < 4.78 is 18.8. The van der Waals surface area contributed by atoms with E-state index in [9.17, 15) is 9.18 Å². The Morgan fingerprint density at radius 3 is 2.54 bits per heavy atom. The first kappa shape index (κ1) is 18.7. The molecule has 0 N–H and O–H groups in total. The molecule has 138 valence electrons. The Balaban J connectivity index is 1.67. The van der Waals surface area contributed by atoms with Crippen LogP contribution in [0.25, 0.3) is 0 Å². The fourth-order valence-electron chi connectivity index (χ4n) is 3.24. The van der Waals surface area contributed by atoms with E-state index in [1.54, 1.807) is 12.1 Å². The monoisotopic (exact) mass is 375 g/mol. The van der Waals surface area contributed by atoms with Crippen molar-refractivity contribution in [1.82, 2.24) is 4.90 Å². The largest absolute Gasteiger partial charge is 0.494 e. The third kappa shape index (κ3) is 4.36. The molecule has 1 amide bonds. The Bertz CT molecular complexity index is 774. The predicted molar refractivity (Wildman–Crippen MR) is 101 cm³/mol. The summed E-state index contributed by atoms with van der Waals surface area (Å²) in [6.45, 7) is 2.05. The van der Waals surface area contributed by atoms with Crippen LogP contribution in [0.1, 0.15) is 43.4 Å². The summed E-state index contributed by atoms with van der Waals surface area (Å²) in [7, 11) is 1.44. The van der Waals surface area contributed by atoms with E-state index in [1.807, 2.05) is 36.1 Å². The molecular weight excluding hydrogens is 353 g/mol. The van der Waals surface area contributed by atoms with Crippen molar-refractivity contribution >= 4 is 17.5 Å². The minimum absolute atomic E-state index is 0.000120. The number of carbonyl (C=O) groups is 1.